The third kappa shape index (κ3) is 3.34. The van der Waals surface area contributed by atoms with Crippen LogP contribution in [0.5, 0.6) is 11.6 Å². The molecule has 1 saturated heterocycles. The van der Waals surface area contributed by atoms with Crippen LogP contribution in [0.2, 0.25) is 0 Å². The molecule has 1 amide bonds. The Labute approximate surface area is 134 Å². The van der Waals surface area contributed by atoms with Crippen LogP contribution < -0.4 is 10.1 Å². The Morgan fingerprint density at radius 1 is 1.43 bits per heavy atom. The number of benzene rings is 1. The van der Waals surface area contributed by atoms with Crippen molar-refractivity contribution in [3.05, 3.63) is 24.3 Å². The fourth-order valence-corrected chi connectivity index (χ4v) is 2.96. The smallest absolute Gasteiger partial charge is 0.414 e. The van der Waals surface area contributed by atoms with E-state index in [9.17, 15) is 9.90 Å². The molecule has 0 radical (unpaired) electrons. The summed E-state index contributed by atoms with van der Waals surface area (Å²) in [4.78, 5) is 14.2. The second-order valence-corrected chi connectivity index (χ2v) is 5.57. The van der Waals surface area contributed by atoms with Gasteiger partial charge in [-0.3, -0.25) is 4.90 Å². The Morgan fingerprint density at radius 2 is 2.26 bits per heavy atom. The molecule has 2 aromatic rings. The summed E-state index contributed by atoms with van der Waals surface area (Å²) in [5.41, 5.74) is 0.544. The van der Waals surface area contributed by atoms with E-state index in [1.165, 1.54) is 0 Å². The minimum atomic E-state index is -0.632. The number of hydrogen-bond donors (Lipinski definition) is 2. The SMILES string of the molecule is CCN1CCCC1CNC(=O)Oc1nnc2ccccc2c1O. The number of ether oxygens (including phenoxy) is 1. The lowest BCUT2D eigenvalue weighted by Crippen LogP contribution is -2.41. The van der Waals surface area contributed by atoms with Crippen molar-refractivity contribution in [1.82, 2.24) is 20.4 Å². The maximum Gasteiger partial charge on any atom is 0.414 e. The number of nitrogens with zero attached hydrogens (tertiary/aromatic N) is 3. The summed E-state index contributed by atoms with van der Waals surface area (Å²) in [6.45, 7) is 4.67. The molecule has 1 fully saturated rings. The van der Waals surface area contributed by atoms with Gasteiger partial charge in [-0.15, -0.1) is 10.2 Å². The number of carbonyl (C=O) groups is 1. The summed E-state index contributed by atoms with van der Waals surface area (Å²) < 4.78 is 5.09. The van der Waals surface area contributed by atoms with E-state index in [2.05, 4.69) is 27.3 Å². The van der Waals surface area contributed by atoms with E-state index in [0.717, 1.165) is 25.9 Å². The Hall–Kier alpha value is -2.41. The fourth-order valence-electron chi connectivity index (χ4n) is 2.96. The molecular weight excluding hydrogens is 296 g/mol. The number of fused-ring (bicyclic) bond motifs is 1. The highest BCUT2D eigenvalue weighted by Gasteiger charge is 2.24. The van der Waals surface area contributed by atoms with Crippen molar-refractivity contribution in [3.63, 3.8) is 0 Å². The maximum atomic E-state index is 11.9. The van der Waals surface area contributed by atoms with Gasteiger partial charge >= 0.3 is 6.09 Å². The van der Waals surface area contributed by atoms with Gasteiger partial charge in [0.2, 0.25) is 0 Å². The molecular formula is C16H20N4O3. The first-order valence-electron chi connectivity index (χ1n) is 7.83. The molecule has 2 heterocycles. The topological polar surface area (TPSA) is 87.6 Å². The Bertz CT molecular complexity index is 707. The van der Waals surface area contributed by atoms with Crippen molar-refractivity contribution in [1.29, 1.82) is 0 Å². The number of carbonyl (C=O) groups excluding carboxylic acids is 1. The van der Waals surface area contributed by atoms with Crippen LogP contribution in [-0.2, 0) is 0 Å². The normalized spacial score (nSPS) is 18.2. The standard InChI is InChI=1S/C16H20N4O3/c1-2-20-9-5-6-11(20)10-17-16(22)23-15-14(21)12-7-3-4-8-13(12)18-19-15/h3-4,7-8,11H,2,5-6,9-10H2,1H3,(H,17,22)(H,18,21). The summed E-state index contributed by atoms with van der Waals surface area (Å²) in [6.07, 6.45) is 1.58. The zero-order valence-corrected chi connectivity index (χ0v) is 13.0. The zero-order valence-electron chi connectivity index (χ0n) is 13.0. The number of hydrogen-bond acceptors (Lipinski definition) is 6. The molecule has 3 rings (SSSR count). The first-order chi connectivity index (χ1) is 11.2. The third-order valence-corrected chi connectivity index (χ3v) is 4.19. The number of rotatable bonds is 4. The monoisotopic (exact) mass is 316 g/mol. The predicted molar refractivity (Wildman–Crippen MR) is 85.5 cm³/mol. The second-order valence-electron chi connectivity index (χ2n) is 5.57. The van der Waals surface area contributed by atoms with Gasteiger partial charge in [-0.25, -0.2) is 4.79 Å². The van der Waals surface area contributed by atoms with Gasteiger partial charge in [-0.1, -0.05) is 19.1 Å². The first-order valence-corrected chi connectivity index (χ1v) is 7.83. The van der Waals surface area contributed by atoms with Crippen LogP contribution in [0.4, 0.5) is 4.79 Å². The molecule has 2 N–H and O–H groups in total. The Balaban J connectivity index is 1.63. The lowest BCUT2D eigenvalue weighted by molar-refractivity contribution is 0.189. The summed E-state index contributed by atoms with van der Waals surface area (Å²) >= 11 is 0. The molecule has 122 valence electrons. The van der Waals surface area contributed by atoms with Crippen molar-refractivity contribution in [3.8, 4) is 11.6 Å². The molecule has 1 atom stereocenters. The predicted octanol–water partition coefficient (Wildman–Crippen LogP) is 1.91. The molecule has 1 aromatic heterocycles. The van der Waals surface area contributed by atoms with Gasteiger partial charge in [-0.05, 0) is 38.1 Å². The molecule has 1 aliphatic rings. The number of aromatic nitrogens is 2. The highest BCUT2D eigenvalue weighted by Crippen LogP contribution is 2.30. The van der Waals surface area contributed by atoms with E-state index < -0.39 is 6.09 Å². The molecule has 1 unspecified atom stereocenters. The number of amides is 1. The van der Waals surface area contributed by atoms with E-state index >= 15 is 0 Å². The largest absolute Gasteiger partial charge is 0.503 e. The van der Waals surface area contributed by atoms with E-state index in [1.54, 1.807) is 24.3 Å². The van der Waals surface area contributed by atoms with Gasteiger partial charge in [0.1, 0.15) is 0 Å². The number of nitrogens with one attached hydrogen (secondary N) is 1. The van der Waals surface area contributed by atoms with Crippen molar-refractivity contribution in [2.24, 2.45) is 0 Å². The molecule has 0 saturated carbocycles. The lowest BCUT2D eigenvalue weighted by Gasteiger charge is -2.22. The van der Waals surface area contributed by atoms with Crippen LogP contribution in [0.15, 0.2) is 24.3 Å². The van der Waals surface area contributed by atoms with Crippen LogP contribution in [0.1, 0.15) is 19.8 Å². The highest BCUT2D eigenvalue weighted by atomic mass is 16.6. The molecule has 1 aliphatic heterocycles. The van der Waals surface area contributed by atoms with Crippen LogP contribution in [0.25, 0.3) is 10.9 Å². The second kappa shape index (κ2) is 6.78. The van der Waals surface area contributed by atoms with Crippen molar-refractivity contribution in [2.75, 3.05) is 19.6 Å². The van der Waals surface area contributed by atoms with Crippen LogP contribution in [-0.4, -0.2) is 52.0 Å². The summed E-state index contributed by atoms with van der Waals surface area (Å²) in [5, 5.41) is 21.1. The van der Waals surface area contributed by atoms with E-state index in [4.69, 9.17) is 4.74 Å². The number of aromatic hydroxyl groups is 1. The number of likely N-dealkylation sites (tertiary alicyclic amines) is 1. The van der Waals surface area contributed by atoms with Crippen LogP contribution in [0.3, 0.4) is 0 Å². The first kappa shape index (κ1) is 15.5. The molecule has 1 aromatic carbocycles. The van der Waals surface area contributed by atoms with Crippen molar-refractivity contribution in [2.45, 2.75) is 25.8 Å². The van der Waals surface area contributed by atoms with Gasteiger partial charge in [0.05, 0.1) is 5.52 Å². The summed E-state index contributed by atoms with van der Waals surface area (Å²) in [5.74, 6) is -0.359. The van der Waals surface area contributed by atoms with Crippen LogP contribution >= 0.6 is 0 Å². The average molecular weight is 316 g/mol. The zero-order chi connectivity index (χ0) is 16.2. The quantitative estimate of drug-likeness (QED) is 0.896. The van der Waals surface area contributed by atoms with Crippen molar-refractivity contribution >= 4 is 17.0 Å². The van der Waals surface area contributed by atoms with Gasteiger partial charge < -0.3 is 15.2 Å². The maximum absolute atomic E-state index is 11.9. The lowest BCUT2D eigenvalue weighted by atomic mass is 10.2. The van der Waals surface area contributed by atoms with E-state index in [1.807, 2.05) is 0 Å². The van der Waals surface area contributed by atoms with Gasteiger partial charge in [0.15, 0.2) is 5.75 Å². The van der Waals surface area contributed by atoms with E-state index in [-0.39, 0.29) is 11.6 Å². The van der Waals surface area contributed by atoms with Gasteiger partial charge in [-0.2, -0.15) is 0 Å². The fraction of sp³-hybridized carbons (Fsp3) is 0.438. The minimum Gasteiger partial charge on any atom is -0.503 e. The minimum absolute atomic E-state index is 0.179. The molecule has 23 heavy (non-hydrogen) atoms. The molecule has 0 spiro atoms. The van der Waals surface area contributed by atoms with Crippen LogP contribution in [0, 0.1) is 0 Å². The molecule has 0 bridgehead atoms. The summed E-state index contributed by atoms with van der Waals surface area (Å²) in [6, 6.07) is 7.33. The van der Waals surface area contributed by atoms with E-state index in [0.29, 0.717) is 23.5 Å². The van der Waals surface area contributed by atoms with Gasteiger partial charge in [0.25, 0.3) is 5.88 Å². The van der Waals surface area contributed by atoms with Gasteiger partial charge in [0, 0.05) is 18.0 Å². The summed E-state index contributed by atoms with van der Waals surface area (Å²) in [7, 11) is 0. The molecule has 0 aliphatic carbocycles. The average Bonchev–Trinajstić information content (AvgIpc) is 3.03. The van der Waals surface area contributed by atoms with Crippen molar-refractivity contribution < 1.29 is 14.6 Å². The highest BCUT2D eigenvalue weighted by molar-refractivity contribution is 5.86. The Kier molecular flexibility index (Phi) is 4.57. The molecule has 7 heteroatoms. The Morgan fingerprint density at radius 3 is 3.09 bits per heavy atom. The molecule has 7 nitrogen and oxygen atoms in total. The third-order valence-electron chi connectivity index (χ3n) is 4.19. The number of likely N-dealkylation sites (N-methyl/N-ethyl adjacent to an activating group) is 1.